The molecule has 1 aromatic rings. The highest BCUT2D eigenvalue weighted by Crippen LogP contribution is 2.62. The quantitative estimate of drug-likeness (QED) is 0.732. The molecule has 0 spiro atoms. The number of ketones is 1. The Balaban J connectivity index is 2.02. The number of benzene rings is 1. The normalized spacial score (nSPS) is 35.3. The van der Waals surface area contributed by atoms with E-state index in [1.807, 2.05) is 6.07 Å². The van der Waals surface area contributed by atoms with E-state index >= 15 is 0 Å². The van der Waals surface area contributed by atoms with Gasteiger partial charge in [-0.1, -0.05) is 12.5 Å². The lowest BCUT2D eigenvalue weighted by molar-refractivity contribution is -0.160. The first-order chi connectivity index (χ1) is 10.9. The van der Waals surface area contributed by atoms with E-state index in [4.69, 9.17) is 5.73 Å². The fourth-order valence-corrected chi connectivity index (χ4v) is 5.44. The van der Waals surface area contributed by atoms with Crippen LogP contribution in [0.15, 0.2) is 12.1 Å². The standard InChI is InChI=1S/C18H21NO4/c19-16(22)13-4-3-10-8-11-2-1-6-17(14(10)15(13)21)9-12(20)5-7-18(11,17)23/h3-4,11,21,23H,1-2,5-9H2,(H2,19,22)/t11-,17?,18-/m1/s1. The smallest absolute Gasteiger partial charge is 0.252 e. The fourth-order valence-electron chi connectivity index (χ4n) is 5.44. The molecule has 1 amide bonds. The third-order valence-electron chi connectivity index (χ3n) is 6.42. The van der Waals surface area contributed by atoms with Crippen molar-refractivity contribution in [1.82, 2.24) is 0 Å². The second-order valence-electron chi connectivity index (χ2n) is 7.38. The number of fused-ring (bicyclic) bond motifs is 1. The van der Waals surface area contributed by atoms with Gasteiger partial charge in [-0.05, 0) is 43.2 Å². The van der Waals surface area contributed by atoms with Crippen LogP contribution in [0.3, 0.4) is 0 Å². The molecule has 0 radical (unpaired) electrons. The van der Waals surface area contributed by atoms with Crippen molar-refractivity contribution in [3.63, 3.8) is 0 Å². The molecule has 0 aromatic heterocycles. The molecule has 1 aromatic carbocycles. The number of Topliss-reactive ketones (excluding diaryl/α,β-unsaturated/α-hetero) is 1. The van der Waals surface area contributed by atoms with Crippen LogP contribution in [-0.2, 0) is 16.6 Å². The molecular formula is C18H21NO4. The third-order valence-corrected chi connectivity index (χ3v) is 6.42. The number of rotatable bonds is 1. The zero-order valence-corrected chi connectivity index (χ0v) is 13.0. The Morgan fingerprint density at radius 2 is 2.09 bits per heavy atom. The van der Waals surface area contributed by atoms with Gasteiger partial charge in [0.25, 0.3) is 5.91 Å². The number of hydrogen-bond acceptors (Lipinski definition) is 4. The fraction of sp³-hybridized carbons (Fsp3) is 0.556. The molecule has 2 bridgehead atoms. The molecule has 122 valence electrons. The van der Waals surface area contributed by atoms with Crippen molar-refractivity contribution in [2.45, 2.75) is 56.0 Å². The Morgan fingerprint density at radius 3 is 2.83 bits per heavy atom. The van der Waals surface area contributed by atoms with Crippen molar-refractivity contribution in [2.24, 2.45) is 11.7 Å². The van der Waals surface area contributed by atoms with Crippen molar-refractivity contribution in [3.05, 3.63) is 28.8 Å². The van der Waals surface area contributed by atoms with Crippen molar-refractivity contribution in [1.29, 1.82) is 0 Å². The SMILES string of the molecule is NC(=O)c1ccc2c(c1O)C13CCC[C@H](C2)[C@]1(O)CCC(=O)C3. The predicted octanol–water partition coefficient (Wildman–Crippen LogP) is 1.57. The number of amides is 1. The minimum Gasteiger partial charge on any atom is -0.507 e. The van der Waals surface area contributed by atoms with E-state index in [9.17, 15) is 19.8 Å². The summed E-state index contributed by atoms with van der Waals surface area (Å²) in [7, 11) is 0. The largest absolute Gasteiger partial charge is 0.507 e. The summed E-state index contributed by atoms with van der Waals surface area (Å²) in [6, 6.07) is 3.38. The summed E-state index contributed by atoms with van der Waals surface area (Å²) < 4.78 is 0. The van der Waals surface area contributed by atoms with E-state index in [1.165, 1.54) is 0 Å². The van der Waals surface area contributed by atoms with Gasteiger partial charge in [0.2, 0.25) is 0 Å². The molecule has 4 N–H and O–H groups in total. The molecule has 2 saturated carbocycles. The van der Waals surface area contributed by atoms with Gasteiger partial charge in [-0.2, -0.15) is 0 Å². The van der Waals surface area contributed by atoms with Crippen LogP contribution in [0.4, 0.5) is 0 Å². The predicted molar refractivity (Wildman–Crippen MR) is 83.2 cm³/mol. The molecule has 5 nitrogen and oxygen atoms in total. The molecule has 1 unspecified atom stereocenters. The minimum atomic E-state index is -0.972. The van der Waals surface area contributed by atoms with Crippen LogP contribution in [0.25, 0.3) is 0 Å². The number of aromatic hydroxyl groups is 1. The lowest BCUT2D eigenvalue weighted by Gasteiger charge is -2.60. The third kappa shape index (κ3) is 1.71. The van der Waals surface area contributed by atoms with E-state index < -0.39 is 16.9 Å². The average molecular weight is 315 g/mol. The Bertz CT molecular complexity index is 728. The van der Waals surface area contributed by atoms with Crippen LogP contribution in [-0.4, -0.2) is 27.5 Å². The average Bonchev–Trinajstić information content (AvgIpc) is 2.47. The number of aliphatic hydroxyl groups is 1. The number of carbonyl (C=O) groups excluding carboxylic acids is 2. The molecule has 3 aliphatic rings. The molecule has 3 atom stereocenters. The second kappa shape index (κ2) is 4.57. The van der Waals surface area contributed by atoms with Crippen LogP contribution in [0, 0.1) is 5.92 Å². The van der Waals surface area contributed by atoms with Gasteiger partial charge < -0.3 is 15.9 Å². The van der Waals surface area contributed by atoms with Gasteiger partial charge in [0.1, 0.15) is 11.5 Å². The Morgan fingerprint density at radius 1 is 1.30 bits per heavy atom. The van der Waals surface area contributed by atoms with Gasteiger partial charge in [0, 0.05) is 23.8 Å². The van der Waals surface area contributed by atoms with E-state index in [0.717, 1.165) is 18.4 Å². The van der Waals surface area contributed by atoms with Crippen LogP contribution in [0.1, 0.15) is 60.0 Å². The molecule has 0 heterocycles. The van der Waals surface area contributed by atoms with Crippen molar-refractivity contribution in [2.75, 3.05) is 0 Å². The maximum absolute atomic E-state index is 12.2. The maximum Gasteiger partial charge on any atom is 0.252 e. The first-order valence-electron chi connectivity index (χ1n) is 8.28. The Kier molecular flexibility index (Phi) is 2.92. The van der Waals surface area contributed by atoms with Crippen molar-refractivity contribution >= 4 is 11.7 Å². The van der Waals surface area contributed by atoms with Crippen LogP contribution in [0.2, 0.25) is 0 Å². The van der Waals surface area contributed by atoms with Gasteiger partial charge in [-0.25, -0.2) is 0 Å². The highest BCUT2D eigenvalue weighted by molar-refractivity contribution is 5.96. The molecule has 23 heavy (non-hydrogen) atoms. The maximum atomic E-state index is 12.2. The molecule has 5 heteroatoms. The minimum absolute atomic E-state index is 0.0718. The first-order valence-corrected chi connectivity index (χ1v) is 8.28. The summed E-state index contributed by atoms with van der Waals surface area (Å²) in [5.74, 6) is -0.600. The molecule has 3 aliphatic carbocycles. The van der Waals surface area contributed by atoms with Crippen molar-refractivity contribution < 1.29 is 19.8 Å². The lowest BCUT2D eigenvalue weighted by atomic mass is 9.46. The number of nitrogens with two attached hydrogens (primary N) is 1. The van der Waals surface area contributed by atoms with Gasteiger partial charge in [-0.15, -0.1) is 0 Å². The Hall–Kier alpha value is -1.88. The monoisotopic (exact) mass is 315 g/mol. The highest BCUT2D eigenvalue weighted by atomic mass is 16.3. The summed E-state index contributed by atoms with van der Waals surface area (Å²) in [4.78, 5) is 23.8. The number of phenols is 1. The number of hydrogen-bond donors (Lipinski definition) is 3. The van der Waals surface area contributed by atoms with Crippen LogP contribution < -0.4 is 5.73 Å². The highest BCUT2D eigenvalue weighted by Gasteiger charge is 2.63. The summed E-state index contributed by atoms with van der Waals surface area (Å²) >= 11 is 0. The second-order valence-corrected chi connectivity index (χ2v) is 7.38. The zero-order valence-electron chi connectivity index (χ0n) is 13.0. The van der Waals surface area contributed by atoms with Crippen LogP contribution in [0.5, 0.6) is 5.75 Å². The topological polar surface area (TPSA) is 101 Å². The van der Waals surface area contributed by atoms with E-state index in [2.05, 4.69) is 0 Å². The van der Waals surface area contributed by atoms with Gasteiger partial charge in [-0.3, -0.25) is 9.59 Å². The molecule has 4 rings (SSSR count). The molecule has 2 fully saturated rings. The van der Waals surface area contributed by atoms with Crippen molar-refractivity contribution in [3.8, 4) is 5.75 Å². The molecule has 0 aliphatic heterocycles. The van der Waals surface area contributed by atoms with Crippen LogP contribution >= 0.6 is 0 Å². The molecule has 0 saturated heterocycles. The van der Waals surface area contributed by atoms with E-state index in [1.54, 1.807) is 6.07 Å². The summed E-state index contributed by atoms with van der Waals surface area (Å²) in [5.41, 5.74) is 5.24. The lowest BCUT2D eigenvalue weighted by Crippen LogP contribution is -2.64. The van der Waals surface area contributed by atoms with Gasteiger partial charge >= 0.3 is 0 Å². The summed E-state index contributed by atoms with van der Waals surface area (Å²) in [6.45, 7) is 0. The summed E-state index contributed by atoms with van der Waals surface area (Å²) in [6.07, 6.45) is 4.26. The first kappa shape index (κ1) is 14.7. The van der Waals surface area contributed by atoms with Gasteiger partial charge in [0.15, 0.2) is 0 Å². The van der Waals surface area contributed by atoms with E-state index in [0.29, 0.717) is 31.2 Å². The summed E-state index contributed by atoms with van der Waals surface area (Å²) in [5, 5.41) is 22.2. The Labute approximate surface area is 134 Å². The number of primary amides is 1. The van der Waals surface area contributed by atoms with E-state index in [-0.39, 0.29) is 29.4 Å². The van der Waals surface area contributed by atoms with Gasteiger partial charge in [0.05, 0.1) is 11.2 Å². The molecular weight excluding hydrogens is 294 g/mol. The zero-order chi connectivity index (χ0) is 16.4. The number of carbonyl (C=O) groups is 2.